The molecule has 0 bridgehead atoms. The normalized spacial score (nSPS) is 10.1. The van der Waals surface area contributed by atoms with Gasteiger partial charge in [-0.2, -0.15) is 14.0 Å². The van der Waals surface area contributed by atoms with Crippen molar-refractivity contribution in [3.63, 3.8) is 0 Å². The molecule has 1 aromatic carbocycles. The molecule has 0 aliphatic heterocycles. The molecule has 0 amide bonds. The van der Waals surface area contributed by atoms with Crippen LogP contribution in [0.3, 0.4) is 0 Å². The summed E-state index contributed by atoms with van der Waals surface area (Å²) in [7, 11) is 0. The predicted octanol–water partition coefficient (Wildman–Crippen LogP) is 2.92. The van der Waals surface area contributed by atoms with Gasteiger partial charge in [0, 0.05) is 0 Å². The average molecular weight is 290 g/mol. The SMILES string of the molecule is CCOC(=O)Cc1ccc(Cl)c(OC(F)F)c1C#N. The summed E-state index contributed by atoms with van der Waals surface area (Å²) in [5, 5.41) is 8.87. The van der Waals surface area contributed by atoms with Gasteiger partial charge in [-0.3, -0.25) is 4.79 Å². The molecule has 4 nitrogen and oxygen atoms in total. The molecule has 0 fully saturated rings. The van der Waals surface area contributed by atoms with Crippen LogP contribution in [0.1, 0.15) is 18.1 Å². The summed E-state index contributed by atoms with van der Waals surface area (Å²) in [6.45, 7) is -1.28. The molecule has 0 aliphatic rings. The summed E-state index contributed by atoms with van der Waals surface area (Å²) in [6, 6.07) is 4.39. The number of carbonyl (C=O) groups is 1. The fourth-order valence-electron chi connectivity index (χ4n) is 1.44. The Kier molecular flexibility index (Phi) is 5.52. The van der Waals surface area contributed by atoms with Crippen molar-refractivity contribution < 1.29 is 23.0 Å². The van der Waals surface area contributed by atoms with Crippen LogP contribution in [0.15, 0.2) is 12.1 Å². The van der Waals surface area contributed by atoms with Crippen molar-refractivity contribution in [3.05, 3.63) is 28.3 Å². The molecule has 0 aliphatic carbocycles. The first-order valence-corrected chi connectivity index (χ1v) is 5.69. The molecule has 0 radical (unpaired) electrons. The fourth-order valence-corrected chi connectivity index (χ4v) is 1.64. The van der Waals surface area contributed by atoms with E-state index < -0.39 is 18.3 Å². The molecule has 0 heterocycles. The maximum Gasteiger partial charge on any atom is 0.387 e. The summed E-state index contributed by atoms with van der Waals surface area (Å²) in [4.78, 5) is 11.3. The monoisotopic (exact) mass is 289 g/mol. The molecule has 7 heteroatoms. The maximum absolute atomic E-state index is 12.2. The lowest BCUT2D eigenvalue weighted by molar-refractivity contribution is -0.142. The van der Waals surface area contributed by atoms with E-state index in [1.165, 1.54) is 12.1 Å². The van der Waals surface area contributed by atoms with E-state index in [1.807, 2.05) is 0 Å². The maximum atomic E-state index is 12.2. The lowest BCUT2D eigenvalue weighted by Crippen LogP contribution is -2.10. The molecule has 1 rings (SSSR count). The lowest BCUT2D eigenvalue weighted by Gasteiger charge is -2.11. The Bertz CT molecular complexity index is 514. The fraction of sp³-hybridized carbons (Fsp3) is 0.333. The van der Waals surface area contributed by atoms with Crippen molar-refractivity contribution in [3.8, 4) is 11.8 Å². The second-order valence-corrected chi connectivity index (χ2v) is 3.79. The molecule has 0 spiro atoms. The van der Waals surface area contributed by atoms with Gasteiger partial charge in [-0.05, 0) is 18.6 Å². The summed E-state index contributed by atoms with van der Waals surface area (Å²) in [6.07, 6.45) is -0.215. The van der Waals surface area contributed by atoms with Crippen molar-refractivity contribution in [2.45, 2.75) is 20.0 Å². The summed E-state index contributed by atoms with van der Waals surface area (Å²) < 4.78 is 33.4. The van der Waals surface area contributed by atoms with Gasteiger partial charge in [-0.1, -0.05) is 17.7 Å². The minimum absolute atomic E-state index is 0.121. The molecule has 19 heavy (non-hydrogen) atoms. The quantitative estimate of drug-likeness (QED) is 0.782. The zero-order valence-corrected chi connectivity index (χ0v) is 10.7. The number of rotatable bonds is 5. The van der Waals surface area contributed by atoms with E-state index in [-0.39, 0.29) is 29.2 Å². The number of hydrogen-bond acceptors (Lipinski definition) is 4. The van der Waals surface area contributed by atoms with Crippen molar-refractivity contribution in [1.29, 1.82) is 5.26 Å². The molecule has 102 valence electrons. The Morgan fingerprint density at radius 3 is 2.74 bits per heavy atom. The van der Waals surface area contributed by atoms with Crippen LogP contribution < -0.4 is 4.74 Å². The van der Waals surface area contributed by atoms with E-state index in [0.29, 0.717) is 0 Å². The van der Waals surface area contributed by atoms with Crippen LogP contribution in [0.4, 0.5) is 8.78 Å². The van der Waals surface area contributed by atoms with E-state index in [0.717, 1.165) is 0 Å². The second-order valence-electron chi connectivity index (χ2n) is 3.38. The van der Waals surface area contributed by atoms with Gasteiger partial charge in [0.25, 0.3) is 0 Å². The Morgan fingerprint density at radius 2 is 2.21 bits per heavy atom. The van der Waals surface area contributed by atoms with E-state index in [4.69, 9.17) is 21.6 Å². The van der Waals surface area contributed by atoms with Gasteiger partial charge in [-0.25, -0.2) is 0 Å². The molecule has 0 unspecified atom stereocenters. The Hall–Kier alpha value is -1.87. The van der Waals surface area contributed by atoms with Crippen LogP contribution in [-0.2, 0) is 16.0 Å². The number of nitrogens with zero attached hydrogens (tertiary/aromatic N) is 1. The average Bonchev–Trinajstić information content (AvgIpc) is 2.33. The van der Waals surface area contributed by atoms with Gasteiger partial charge in [-0.15, -0.1) is 0 Å². The van der Waals surface area contributed by atoms with Gasteiger partial charge < -0.3 is 9.47 Å². The number of alkyl halides is 2. The molecular formula is C12H10ClF2NO3. The number of ether oxygens (including phenoxy) is 2. The zero-order valence-electron chi connectivity index (χ0n) is 9.95. The molecular weight excluding hydrogens is 280 g/mol. The first-order valence-electron chi connectivity index (χ1n) is 5.31. The van der Waals surface area contributed by atoms with Crippen molar-refractivity contribution in [1.82, 2.24) is 0 Å². The topological polar surface area (TPSA) is 59.3 Å². The largest absolute Gasteiger partial charge is 0.466 e. The van der Waals surface area contributed by atoms with Gasteiger partial charge in [0.2, 0.25) is 0 Å². The summed E-state index contributed by atoms with van der Waals surface area (Å²) >= 11 is 5.70. The molecule has 1 aromatic rings. The van der Waals surface area contributed by atoms with Gasteiger partial charge >= 0.3 is 12.6 Å². The lowest BCUT2D eigenvalue weighted by atomic mass is 10.0. The van der Waals surface area contributed by atoms with Crippen molar-refractivity contribution in [2.75, 3.05) is 6.61 Å². The van der Waals surface area contributed by atoms with E-state index in [9.17, 15) is 13.6 Å². The van der Waals surface area contributed by atoms with Crippen molar-refractivity contribution in [2.24, 2.45) is 0 Å². The number of benzene rings is 1. The highest BCUT2D eigenvalue weighted by Crippen LogP contribution is 2.32. The first-order chi connectivity index (χ1) is 8.99. The third kappa shape index (κ3) is 4.07. The van der Waals surface area contributed by atoms with Crippen LogP contribution in [-0.4, -0.2) is 19.2 Å². The first kappa shape index (κ1) is 15.2. The Morgan fingerprint density at radius 1 is 1.53 bits per heavy atom. The minimum atomic E-state index is -3.11. The standard InChI is InChI=1S/C12H10ClF2NO3/c1-2-18-10(17)5-7-3-4-9(13)11(8(7)6-16)19-12(14)15/h3-4,12H,2,5H2,1H3. The minimum Gasteiger partial charge on any atom is -0.466 e. The number of halogens is 3. The predicted molar refractivity (Wildman–Crippen MR) is 63.1 cm³/mol. The van der Waals surface area contributed by atoms with Crippen LogP contribution in [0.25, 0.3) is 0 Å². The van der Waals surface area contributed by atoms with Crippen LogP contribution in [0, 0.1) is 11.3 Å². The highest BCUT2D eigenvalue weighted by Gasteiger charge is 2.19. The molecule has 0 saturated heterocycles. The van der Waals surface area contributed by atoms with Gasteiger partial charge in [0.15, 0.2) is 5.75 Å². The number of hydrogen-bond donors (Lipinski definition) is 0. The Balaban J connectivity index is 3.13. The second kappa shape index (κ2) is 6.90. The molecule has 0 N–H and O–H groups in total. The summed E-state index contributed by atoms with van der Waals surface area (Å²) in [5.41, 5.74) is 0.0295. The molecule has 0 atom stereocenters. The van der Waals surface area contributed by atoms with Gasteiger partial charge in [0.05, 0.1) is 23.6 Å². The van der Waals surface area contributed by atoms with Crippen LogP contribution in [0.5, 0.6) is 5.75 Å². The molecule has 0 aromatic heterocycles. The number of esters is 1. The van der Waals surface area contributed by atoms with E-state index in [1.54, 1.807) is 13.0 Å². The zero-order chi connectivity index (χ0) is 14.4. The van der Waals surface area contributed by atoms with Crippen LogP contribution in [0.2, 0.25) is 5.02 Å². The Labute approximate surface area is 113 Å². The summed E-state index contributed by atoms with van der Waals surface area (Å²) in [5.74, 6) is -0.995. The van der Waals surface area contributed by atoms with E-state index >= 15 is 0 Å². The highest BCUT2D eigenvalue weighted by molar-refractivity contribution is 6.32. The highest BCUT2D eigenvalue weighted by atomic mass is 35.5. The third-order valence-electron chi connectivity index (χ3n) is 2.15. The van der Waals surface area contributed by atoms with Crippen molar-refractivity contribution >= 4 is 17.6 Å². The number of nitriles is 1. The third-order valence-corrected chi connectivity index (χ3v) is 2.45. The smallest absolute Gasteiger partial charge is 0.387 e. The van der Waals surface area contributed by atoms with Gasteiger partial charge in [0.1, 0.15) is 6.07 Å². The number of carbonyl (C=O) groups excluding carboxylic acids is 1. The molecule has 0 saturated carbocycles. The van der Waals surface area contributed by atoms with Crippen LogP contribution >= 0.6 is 11.6 Å². The van der Waals surface area contributed by atoms with E-state index in [2.05, 4.69) is 4.74 Å².